The SMILES string of the molecule is CCCC(C)(C)c1cccc(CC)c1O. The first-order chi connectivity index (χ1) is 7.03. The van der Waals surface area contributed by atoms with Crippen molar-refractivity contribution >= 4 is 0 Å². The average molecular weight is 206 g/mol. The third-order valence-electron chi connectivity index (χ3n) is 3.10. The van der Waals surface area contributed by atoms with Gasteiger partial charge in [-0.2, -0.15) is 0 Å². The highest BCUT2D eigenvalue weighted by Gasteiger charge is 2.23. The summed E-state index contributed by atoms with van der Waals surface area (Å²) in [7, 11) is 0. The van der Waals surface area contributed by atoms with Crippen molar-refractivity contribution in [2.45, 2.75) is 52.4 Å². The minimum absolute atomic E-state index is 0.0734. The Morgan fingerprint density at radius 2 is 1.87 bits per heavy atom. The number of aromatic hydroxyl groups is 1. The van der Waals surface area contributed by atoms with E-state index in [4.69, 9.17) is 0 Å². The molecule has 0 spiro atoms. The van der Waals surface area contributed by atoms with Gasteiger partial charge >= 0.3 is 0 Å². The predicted molar refractivity (Wildman–Crippen MR) is 65.4 cm³/mol. The lowest BCUT2D eigenvalue weighted by Crippen LogP contribution is -2.17. The van der Waals surface area contributed by atoms with Crippen LogP contribution in [0.3, 0.4) is 0 Å². The molecule has 1 nitrogen and oxygen atoms in total. The molecule has 0 heterocycles. The van der Waals surface area contributed by atoms with E-state index >= 15 is 0 Å². The van der Waals surface area contributed by atoms with Gasteiger partial charge < -0.3 is 5.11 Å². The molecule has 0 bridgehead atoms. The zero-order chi connectivity index (χ0) is 11.5. The molecular weight excluding hydrogens is 184 g/mol. The smallest absolute Gasteiger partial charge is 0.122 e. The molecule has 1 heteroatoms. The van der Waals surface area contributed by atoms with Gasteiger partial charge in [-0.15, -0.1) is 0 Å². The van der Waals surface area contributed by atoms with Gasteiger partial charge in [-0.25, -0.2) is 0 Å². The van der Waals surface area contributed by atoms with E-state index in [0.717, 1.165) is 30.4 Å². The van der Waals surface area contributed by atoms with Crippen LogP contribution in [0.5, 0.6) is 5.75 Å². The summed E-state index contributed by atoms with van der Waals surface area (Å²) < 4.78 is 0. The molecule has 0 amide bonds. The topological polar surface area (TPSA) is 20.2 Å². The molecule has 0 radical (unpaired) electrons. The molecule has 0 aromatic heterocycles. The van der Waals surface area contributed by atoms with E-state index in [1.165, 1.54) is 0 Å². The number of phenols is 1. The van der Waals surface area contributed by atoms with Crippen molar-refractivity contribution in [3.05, 3.63) is 29.3 Å². The van der Waals surface area contributed by atoms with Crippen molar-refractivity contribution in [3.8, 4) is 5.75 Å². The number of phenolic OH excluding ortho intramolecular Hbond substituents is 1. The zero-order valence-corrected chi connectivity index (χ0v) is 10.3. The second kappa shape index (κ2) is 4.69. The standard InChI is InChI=1S/C14H22O/c1-5-10-14(3,4)12-9-7-8-11(6-2)13(12)15/h7-9,15H,5-6,10H2,1-4H3. The molecule has 0 saturated heterocycles. The van der Waals surface area contributed by atoms with Crippen molar-refractivity contribution < 1.29 is 5.11 Å². The Morgan fingerprint density at radius 3 is 2.40 bits per heavy atom. The number of para-hydroxylation sites is 1. The van der Waals surface area contributed by atoms with Crippen LogP contribution in [0.15, 0.2) is 18.2 Å². The first kappa shape index (κ1) is 12.1. The molecule has 1 aromatic carbocycles. The van der Waals surface area contributed by atoms with Crippen LogP contribution in [0.25, 0.3) is 0 Å². The van der Waals surface area contributed by atoms with E-state index in [-0.39, 0.29) is 5.41 Å². The summed E-state index contributed by atoms with van der Waals surface area (Å²) in [6.07, 6.45) is 3.14. The van der Waals surface area contributed by atoms with Crippen molar-refractivity contribution in [2.75, 3.05) is 0 Å². The largest absolute Gasteiger partial charge is 0.507 e. The molecule has 1 rings (SSSR count). The van der Waals surface area contributed by atoms with Crippen molar-refractivity contribution in [3.63, 3.8) is 0 Å². The number of benzene rings is 1. The molecule has 84 valence electrons. The fraction of sp³-hybridized carbons (Fsp3) is 0.571. The lowest BCUT2D eigenvalue weighted by atomic mass is 9.79. The number of hydrogen-bond donors (Lipinski definition) is 1. The lowest BCUT2D eigenvalue weighted by Gasteiger charge is -2.26. The molecular formula is C14H22O. The van der Waals surface area contributed by atoms with Gasteiger partial charge in [-0.1, -0.05) is 52.3 Å². The molecule has 0 fully saturated rings. The minimum Gasteiger partial charge on any atom is -0.507 e. The van der Waals surface area contributed by atoms with Crippen LogP contribution in [-0.2, 0) is 11.8 Å². The van der Waals surface area contributed by atoms with Gasteiger partial charge in [0.15, 0.2) is 0 Å². The maximum atomic E-state index is 10.2. The van der Waals surface area contributed by atoms with Crippen LogP contribution >= 0.6 is 0 Å². The Bertz CT molecular complexity index is 326. The van der Waals surface area contributed by atoms with Gasteiger partial charge in [0.2, 0.25) is 0 Å². The number of aryl methyl sites for hydroxylation is 1. The number of hydrogen-bond acceptors (Lipinski definition) is 1. The summed E-state index contributed by atoms with van der Waals surface area (Å²) in [4.78, 5) is 0. The van der Waals surface area contributed by atoms with Gasteiger partial charge in [-0.3, -0.25) is 0 Å². The molecule has 0 aliphatic carbocycles. The zero-order valence-electron chi connectivity index (χ0n) is 10.3. The van der Waals surface area contributed by atoms with Crippen LogP contribution in [-0.4, -0.2) is 5.11 Å². The summed E-state index contributed by atoms with van der Waals surface area (Å²) in [5.41, 5.74) is 2.21. The van der Waals surface area contributed by atoms with Crippen molar-refractivity contribution in [2.24, 2.45) is 0 Å². The van der Waals surface area contributed by atoms with E-state index in [9.17, 15) is 5.11 Å². The van der Waals surface area contributed by atoms with Gasteiger partial charge in [0, 0.05) is 0 Å². The van der Waals surface area contributed by atoms with Crippen LogP contribution in [0, 0.1) is 0 Å². The Balaban J connectivity index is 3.14. The van der Waals surface area contributed by atoms with Gasteiger partial charge in [0.1, 0.15) is 5.75 Å². The van der Waals surface area contributed by atoms with E-state index < -0.39 is 0 Å². The van der Waals surface area contributed by atoms with Gasteiger partial charge in [-0.05, 0) is 29.4 Å². The van der Waals surface area contributed by atoms with Crippen LogP contribution in [0.1, 0.15) is 51.7 Å². The highest BCUT2D eigenvalue weighted by Crippen LogP contribution is 2.36. The molecule has 0 unspecified atom stereocenters. The van der Waals surface area contributed by atoms with Gasteiger partial charge in [0.25, 0.3) is 0 Å². The normalized spacial score (nSPS) is 11.7. The molecule has 0 aliphatic rings. The third kappa shape index (κ3) is 2.53. The Morgan fingerprint density at radius 1 is 1.20 bits per heavy atom. The average Bonchev–Trinajstić information content (AvgIpc) is 2.17. The fourth-order valence-electron chi connectivity index (χ4n) is 2.18. The van der Waals surface area contributed by atoms with Gasteiger partial charge in [0.05, 0.1) is 0 Å². The van der Waals surface area contributed by atoms with Crippen molar-refractivity contribution in [1.82, 2.24) is 0 Å². The Kier molecular flexibility index (Phi) is 3.78. The quantitative estimate of drug-likeness (QED) is 0.788. The summed E-state index contributed by atoms with van der Waals surface area (Å²) >= 11 is 0. The molecule has 1 N–H and O–H groups in total. The Labute approximate surface area is 93.1 Å². The predicted octanol–water partition coefficient (Wildman–Crippen LogP) is 4.03. The summed E-state index contributed by atoms with van der Waals surface area (Å²) in [6, 6.07) is 6.09. The lowest BCUT2D eigenvalue weighted by molar-refractivity contribution is 0.413. The summed E-state index contributed by atoms with van der Waals surface area (Å²) in [5.74, 6) is 0.499. The van der Waals surface area contributed by atoms with Crippen LogP contribution in [0.4, 0.5) is 0 Å². The van der Waals surface area contributed by atoms with E-state index in [2.05, 4.69) is 27.7 Å². The van der Waals surface area contributed by atoms with Crippen LogP contribution < -0.4 is 0 Å². The first-order valence-electron chi connectivity index (χ1n) is 5.84. The van der Waals surface area contributed by atoms with E-state index in [1.54, 1.807) is 0 Å². The maximum Gasteiger partial charge on any atom is 0.122 e. The summed E-state index contributed by atoms with van der Waals surface area (Å²) in [6.45, 7) is 8.66. The van der Waals surface area contributed by atoms with Crippen LogP contribution in [0.2, 0.25) is 0 Å². The first-order valence-corrected chi connectivity index (χ1v) is 5.84. The van der Waals surface area contributed by atoms with E-state index in [0.29, 0.717) is 5.75 Å². The molecule has 0 saturated carbocycles. The minimum atomic E-state index is 0.0734. The molecule has 0 atom stereocenters. The second-order valence-corrected chi connectivity index (χ2v) is 4.80. The molecule has 0 aliphatic heterocycles. The maximum absolute atomic E-state index is 10.2. The molecule has 1 aromatic rings. The Hall–Kier alpha value is -0.980. The highest BCUT2D eigenvalue weighted by molar-refractivity contribution is 5.44. The monoisotopic (exact) mass is 206 g/mol. The fourth-order valence-corrected chi connectivity index (χ4v) is 2.18. The molecule has 15 heavy (non-hydrogen) atoms. The third-order valence-corrected chi connectivity index (χ3v) is 3.10. The number of rotatable bonds is 4. The van der Waals surface area contributed by atoms with E-state index in [1.807, 2.05) is 18.2 Å². The second-order valence-electron chi connectivity index (χ2n) is 4.80. The van der Waals surface area contributed by atoms with Crippen molar-refractivity contribution in [1.29, 1.82) is 0 Å². The summed E-state index contributed by atoms with van der Waals surface area (Å²) in [5, 5.41) is 10.2. The highest BCUT2D eigenvalue weighted by atomic mass is 16.3.